The van der Waals surface area contributed by atoms with Gasteiger partial charge in [0.15, 0.2) is 0 Å². The predicted octanol–water partition coefficient (Wildman–Crippen LogP) is 2.12. The Labute approximate surface area is 106 Å². The van der Waals surface area contributed by atoms with Crippen molar-refractivity contribution in [2.75, 3.05) is 14.2 Å². The van der Waals surface area contributed by atoms with E-state index in [1.165, 1.54) is 0 Å². The fourth-order valence-corrected chi connectivity index (χ4v) is 1.63. The Morgan fingerprint density at radius 2 is 1.78 bits per heavy atom. The van der Waals surface area contributed by atoms with Crippen molar-refractivity contribution in [3.05, 3.63) is 48.2 Å². The molecule has 2 aromatic rings. The van der Waals surface area contributed by atoms with Crippen molar-refractivity contribution in [1.29, 1.82) is 0 Å². The monoisotopic (exact) mass is 242 g/mol. The summed E-state index contributed by atoms with van der Waals surface area (Å²) < 4.78 is 5.01. The van der Waals surface area contributed by atoms with Gasteiger partial charge in [-0.15, -0.1) is 0 Å². The summed E-state index contributed by atoms with van der Waals surface area (Å²) in [7, 11) is 3.20. The van der Waals surface area contributed by atoms with Crippen LogP contribution >= 0.6 is 0 Å². The summed E-state index contributed by atoms with van der Waals surface area (Å²) in [6, 6.07) is 11.1. The van der Waals surface area contributed by atoms with Gasteiger partial charge in [0.2, 0.25) is 5.88 Å². The number of rotatable bonds is 3. The van der Waals surface area contributed by atoms with Crippen LogP contribution in [0.25, 0.3) is 11.1 Å². The first kappa shape index (κ1) is 12.1. The molecule has 0 aliphatic heterocycles. The molecule has 0 aliphatic rings. The number of nitrogens with one attached hydrogen (secondary N) is 1. The molecule has 0 unspecified atom stereocenters. The summed E-state index contributed by atoms with van der Waals surface area (Å²) in [4.78, 5) is 15.6. The zero-order valence-electron chi connectivity index (χ0n) is 10.3. The summed E-state index contributed by atoms with van der Waals surface area (Å²) in [6.07, 6.45) is 1.74. The molecular formula is C14H14N2O2. The lowest BCUT2D eigenvalue weighted by atomic mass is 10.1. The van der Waals surface area contributed by atoms with E-state index in [2.05, 4.69) is 10.3 Å². The number of methoxy groups -OCH3 is 1. The van der Waals surface area contributed by atoms with Crippen LogP contribution in [-0.2, 0) is 0 Å². The Morgan fingerprint density at radius 1 is 1.11 bits per heavy atom. The van der Waals surface area contributed by atoms with E-state index in [4.69, 9.17) is 4.74 Å². The molecule has 4 heteroatoms. The SMILES string of the molecule is CNC(=O)c1ccc(-c2ccc(OC)nc2)cc1. The van der Waals surface area contributed by atoms with Crippen LogP contribution in [0, 0.1) is 0 Å². The van der Waals surface area contributed by atoms with Crippen molar-refractivity contribution in [3.8, 4) is 17.0 Å². The number of benzene rings is 1. The van der Waals surface area contributed by atoms with E-state index in [1.54, 1.807) is 32.5 Å². The largest absolute Gasteiger partial charge is 0.481 e. The Balaban J connectivity index is 2.25. The van der Waals surface area contributed by atoms with E-state index >= 15 is 0 Å². The van der Waals surface area contributed by atoms with Crippen LogP contribution in [0.15, 0.2) is 42.6 Å². The maximum atomic E-state index is 11.4. The van der Waals surface area contributed by atoms with Crippen LogP contribution in [0.2, 0.25) is 0 Å². The number of nitrogens with zero attached hydrogens (tertiary/aromatic N) is 1. The molecule has 1 aromatic heterocycles. The van der Waals surface area contributed by atoms with Crippen molar-refractivity contribution in [2.45, 2.75) is 0 Å². The van der Waals surface area contributed by atoms with E-state index < -0.39 is 0 Å². The number of amides is 1. The quantitative estimate of drug-likeness (QED) is 0.896. The molecule has 0 atom stereocenters. The highest BCUT2D eigenvalue weighted by atomic mass is 16.5. The lowest BCUT2D eigenvalue weighted by Gasteiger charge is -2.04. The van der Waals surface area contributed by atoms with E-state index in [0.29, 0.717) is 11.4 Å². The van der Waals surface area contributed by atoms with Gasteiger partial charge in [0.1, 0.15) is 0 Å². The number of carbonyl (C=O) groups is 1. The number of carbonyl (C=O) groups excluding carboxylic acids is 1. The average Bonchev–Trinajstić information content (AvgIpc) is 2.47. The molecule has 0 fully saturated rings. The van der Waals surface area contributed by atoms with E-state index in [9.17, 15) is 4.79 Å². The zero-order chi connectivity index (χ0) is 13.0. The number of hydrogen-bond acceptors (Lipinski definition) is 3. The molecule has 0 bridgehead atoms. The molecule has 1 N–H and O–H groups in total. The third-order valence-corrected chi connectivity index (χ3v) is 2.65. The summed E-state index contributed by atoms with van der Waals surface area (Å²) >= 11 is 0. The minimum Gasteiger partial charge on any atom is -0.481 e. The topological polar surface area (TPSA) is 51.2 Å². The van der Waals surface area contributed by atoms with E-state index in [0.717, 1.165) is 11.1 Å². The number of hydrogen-bond donors (Lipinski definition) is 1. The molecule has 0 spiro atoms. The Kier molecular flexibility index (Phi) is 3.57. The summed E-state index contributed by atoms with van der Waals surface area (Å²) in [5, 5.41) is 2.59. The summed E-state index contributed by atoms with van der Waals surface area (Å²) in [5.41, 5.74) is 2.64. The van der Waals surface area contributed by atoms with Crippen molar-refractivity contribution in [1.82, 2.24) is 10.3 Å². The third kappa shape index (κ3) is 2.48. The third-order valence-electron chi connectivity index (χ3n) is 2.65. The predicted molar refractivity (Wildman–Crippen MR) is 69.6 cm³/mol. The minimum absolute atomic E-state index is 0.0885. The van der Waals surface area contributed by atoms with Gasteiger partial charge in [-0.05, 0) is 23.8 Å². The highest BCUT2D eigenvalue weighted by Gasteiger charge is 2.04. The van der Waals surface area contributed by atoms with Gasteiger partial charge >= 0.3 is 0 Å². The Bertz CT molecular complexity index is 533. The number of ether oxygens (including phenoxy) is 1. The highest BCUT2D eigenvalue weighted by molar-refractivity contribution is 5.94. The lowest BCUT2D eigenvalue weighted by molar-refractivity contribution is 0.0963. The molecule has 92 valence electrons. The van der Waals surface area contributed by atoms with Crippen molar-refractivity contribution in [2.24, 2.45) is 0 Å². The van der Waals surface area contributed by atoms with Crippen LogP contribution in [0.4, 0.5) is 0 Å². The first-order valence-electron chi connectivity index (χ1n) is 5.57. The van der Waals surface area contributed by atoms with E-state index in [-0.39, 0.29) is 5.91 Å². The van der Waals surface area contributed by atoms with Gasteiger partial charge < -0.3 is 10.1 Å². The van der Waals surface area contributed by atoms with Crippen LogP contribution in [-0.4, -0.2) is 25.0 Å². The van der Waals surface area contributed by atoms with Gasteiger partial charge in [-0.1, -0.05) is 12.1 Å². The first-order chi connectivity index (χ1) is 8.74. The molecule has 0 saturated carbocycles. The van der Waals surface area contributed by atoms with Crippen LogP contribution in [0.5, 0.6) is 5.88 Å². The normalized spacial score (nSPS) is 9.89. The smallest absolute Gasteiger partial charge is 0.251 e. The van der Waals surface area contributed by atoms with E-state index in [1.807, 2.05) is 24.3 Å². The molecule has 1 heterocycles. The average molecular weight is 242 g/mol. The fourth-order valence-electron chi connectivity index (χ4n) is 1.63. The van der Waals surface area contributed by atoms with Crippen molar-refractivity contribution >= 4 is 5.91 Å². The molecule has 0 saturated heterocycles. The molecule has 1 aromatic carbocycles. The Hall–Kier alpha value is -2.36. The molecule has 18 heavy (non-hydrogen) atoms. The second-order valence-electron chi connectivity index (χ2n) is 3.75. The maximum Gasteiger partial charge on any atom is 0.251 e. The van der Waals surface area contributed by atoms with Gasteiger partial charge in [-0.25, -0.2) is 4.98 Å². The molecule has 0 aliphatic carbocycles. The maximum absolute atomic E-state index is 11.4. The standard InChI is InChI=1S/C14H14N2O2/c1-15-14(17)11-5-3-10(4-6-11)12-7-8-13(18-2)16-9-12/h3-9H,1-2H3,(H,15,17). The molecule has 0 radical (unpaired) electrons. The fraction of sp³-hybridized carbons (Fsp3) is 0.143. The zero-order valence-corrected chi connectivity index (χ0v) is 10.3. The first-order valence-corrected chi connectivity index (χ1v) is 5.57. The molecule has 1 amide bonds. The van der Waals surface area contributed by atoms with Crippen LogP contribution in [0.1, 0.15) is 10.4 Å². The van der Waals surface area contributed by atoms with Gasteiger partial charge in [-0.3, -0.25) is 4.79 Å². The second kappa shape index (κ2) is 5.31. The Morgan fingerprint density at radius 3 is 2.28 bits per heavy atom. The summed E-state index contributed by atoms with van der Waals surface area (Å²) in [5.74, 6) is 0.495. The van der Waals surface area contributed by atoms with Crippen molar-refractivity contribution < 1.29 is 9.53 Å². The molecule has 2 rings (SSSR count). The van der Waals surface area contributed by atoms with Gasteiger partial charge in [0, 0.05) is 30.4 Å². The highest BCUT2D eigenvalue weighted by Crippen LogP contribution is 2.20. The van der Waals surface area contributed by atoms with Gasteiger partial charge in [-0.2, -0.15) is 0 Å². The van der Waals surface area contributed by atoms with Crippen LogP contribution in [0.3, 0.4) is 0 Å². The van der Waals surface area contributed by atoms with Crippen molar-refractivity contribution in [3.63, 3.8) is 0 Å². The molecular weight excluding hydrogens is 228 g/mol. The second-order valence-corrected chi connectivity index (χ2v) is 3.75. The van der Waals surface area contributed by atoms with Gasteiger partial charge in [0.05, 0.1) is 7.11 Å². The van der Waals surface area contributed by atoms with Crippen LogP contribution < -0.4 is 10.1 Å². The lowest BCUT2D eigenvalue weighted by Crippen LogP contribution is -2.17. The summed E-state index contributed by atoms with van der Waals surface area (Å²) in [6.45, 7) is 0. The minimum atomic E-state index is -0.0885. The number of pyridine rings is 1. The number of aromatic nitrogens is 1. The van der Waals surface area contributed by atoms with Gasteiger partial charge in [0.25, 0.3) is 5.91 Å². The molecule has 4 nitrogen and oxygen atoms in total.